The van der Waals surface area contributed by atoms with Gasteiger partial charge in [0.05, 0.1) is 19.8 Å². The van der Waals surface area contributed by atoms with Crippen LogP contribution in [0.15, 0.2) is 24.3 Å². The Bertz CT molecular complexity index is 484. The summed E-state index contributed by atoms with van der Waals surface area (Å²) in [5, 5.41) is 10.3. The van der Waals surface area contributed by atoms with E-state index in [9.17, 15) is 9.90 Å². The summed E-state index contributed by atoms with van der Waals surface area (Å²) in [4.78, 5) is 15.6. The Hall–Kier alpha value is -1.79. The molecule has 1 aliphatic heterocycles. The lowest BCUT2D eigenvalue weighted by atomic mass is 10.1. The number of piperazine rings is 1. The van der Waals surface area contributed by atoms with E-state index in [-0.39, 0.29) is 6.09 Å². The standard InChI is InChI=1S/C17H26N2O4/c1-3-23-17(21)19-12-10-18(11-13-19)9-8-16(20)14-4-6-15(22-2)7-5-14/h4-7,16,20H,3,8-13H2,1-2H3. The quantitative estimate of drug-likeness (QED) is 0.866. The van der Waals surface area contributed by atoms with Gasteiger partial charge in [0, 0.05) is 32.7 Å². The first-order chi connectivity index (χ1) is 11.1. The number of methoxy groups -OCH3 is 1. The van der Waals surface area contributed by atoms with Gasteiger partial charge in [-0.05, 0) is 31.0 Å². The predicted octanol–water partition coefficient (Wildman–Crippen LogP) is 1.89. The zero-order valence-corrected chi connectivity index (χ0v) is 13.9. The number of amides is 1. The minimum atomic E-state index is -0.482. The van der Waals surface area contributed by atoms with E-state index in [1.807, 2.05) is 31.2 Å². The van der Waals surface area contributed by atoms with Crippen molar-refractivity contribution < 1.29 is 19.4 Å². The lowest BCUT2D eigenvalue weighted by molar-refractivity contribution is 0.0725. The Labute approximate surface area is 137 Å². The molecule has 1 fully saturated rings. The van der Waals surface area contributed by atoms with Crippen LogP contribution in [0.25, 0.3) is 0 Å². The summed E-state index contributed by atoms with van der Waals surface area (Å²) in [7, 11) is 1.63. The third kappa shape index (κ3) is 5.11. The molecule has 1 aromatic carbocycles. The summed E-state index contributed by atoms with van der Waals surface area (Å²) < 4.78 is 10.1. The molecular weight excluding hydrogens is 296 g/mol. The lowest BCUT2D eigenvalue weighted by Crippen LogP contribution is -2.49. The van der Waals surface area contributed by atoms with Crippen LogP contribution in [0.5, 0.6) is 5.75 Å². The van der Waals surface area contributed by atoms with Crippen molar-refractivity contribution >= 4 is 6.09 Å². The molecule has 6 nitrogen and oxygen atoms in total. The van der Waals surface area contributed by atoms with E-state index in [2.05, 4.69) is 4.90 Å². The molecule has 1 unspecified atom stereocenters. The molecule has 1 heterocycles. The molecule has 128 valence electrons. The molecule has 1 N–H and O–H groups in total. The van der Waals surface area contributed by atoms with Gasteiger partial charge in [-0.25, -0.2) is 4.79 Å². The van der Waals surface area contributed by atoms with E-state index < -0.39 is 6.10 Å². The van der Waals surface area contributed by atoms with Gasteiger partial charge in [-0.1, -0.05) is 12.1 Å². The maximum atomic E-state index is 11.6. The van der Waals surface area contributed by atoms with Crippen LogP contribution >= 0.6 is 0 Å². The number of hydrogen-bond acceptors (Lipinski definition) is 5. The van der Waals surface area contributed by atoms with Crippen molar-refractivity contribution in [3.8, 4) is 5.75 Å². The van der Waals surface area contributed by atoms with Crippen LogP contribution in [0, 0.1) is 0 Å². The van der Waals surface area contributed by atoms with E-state index >= 15 is 0 Å². The zero-order valence-electron chi connectivity index (χ0n) is 13.9. The number of nitrogens with zero attached hydrogens (tertiary/aromatic N) is 2. The summed E-state index contributed by atoms with van der Waals surface area (Å²) in [6.07, 6.45) is -0.0412. The summed E-state index contributed by atoms with van der Waals surface area (Å²) in [5.41, 5.74) is 0.899. The van der Waals surface area contributed by atoms with Gasteiger partial charge in [0.25, 0.3) is 0 Å². The fourth-order valence-electron chi connectivity index (χ4n) is 2.67. The van der Waals surface area contributed by atoms with Crippen LogP contribution in [0.2, 0.25) is 0 Å². The highest BCUT2D eigenvalue weighted by molar-refractivity contribution is 5.67. The van der Waals surface area contributed by atoms with E-state index in [0.717, 1.165) is 30.9 Å². The van der Waals surface area contributed by atoms with Gasteiger partial charge >= 0.3 is 6.09 Å². The summed E-state index contributed by atoms with van der Waals surface area (Å²) >= 11 is 0. The van der Waals surface area contributed by atoms with Crippen LogP contribution in [-0.4, -0.2) is 67.4 Å². The van der Waals surface area contributed by atoms with Crippen molar-refractivity contribution in [2.24, 2.45) is 0 Å². The van der Waals surface area contributed by atoms with Crippen molar-refractivity contribution in [1.29, 1.82) is 0 Å². The first-order valence-electron chi connectivity index (χ1n) is 8.10. The minimum Gasteiger partial charge on any atom is -0.497 e. The first-order valence-corrected chi connectivity index (χ1v) is 8.10. The third-order valence-electron chi connectivity index (χ3n) is 4.12. The molecule has 23 heavy (non-hydrogen) atoms. The molecule has 0 aromatic heterocycles. The maximum Gasteiger partial charge on any atom is 0.409 e. The summed E-state index contributed by atoms with van der Waals surface area (Å²) in [6, 6.07) is 7.50. The van der Waals surface area contributed by atoms with Crippen molar-refractivity contribution in [3.63, 3.8) is 0 Å². The molecular formula is C17H26N2O4. The third-order valence-corrected chi connectivity index (χ3v) is 4.12. The van der Waals surface area contributed by atoms with Gasteiger partial charge in [0.15, 0.2) is 0 Å². The van der Waals surface area contributed by atoms with Crippen LogP contribution in [0.1, 0.15) is 25.0 Å². The van der Waals surface area contributed by atoms with Crippen LogP contribution in [0.4, 0.5) is 4.79 Å². The van der Waals surface area contributed by atoms with Crippen LogP contribution < -0.4 is 4.74 Å². The highest BCUT2D eigenvalue weighted by Gasteiger charge is 2.22. The van der Waals surface area contributed by atoms with Crippen LogP contribution in [0.3, 0.4) is 0 Å². The summed E-state index contributed by atoms with van der Waals surface area (Å²) in [6.45, 7) is 6.02. The van der Waals surface area contributed by atoms with E-state index in [4.69, 9.17) is 9.47 Å². The number of aliphatic hydroxyl groups is 1. The highest BCUT2D eigenvalue weighted by atomic mass is 16.6. The van der Waals surface area contributed by atoms with Gasteiger partial charge in [-0.2, -0.15) is 0 Å². The van der Waals surface area contributed by atoms with Gasteiger partial charge in [-0.3, -0.25) is 4.90 Å². The SMILES string of the molecule is CCOC(=O)N1CCN(CCC(O)c2ccc(OC)cc2)CC1. The molecule has 0 radical (unpaired) electrons. The molecule has 1 amide bonds. The minimum absolute atomic E-state index is 0.231. The van der Waals surface area contributed by atoms with Crippen molar-refractivity contribution in [1.82, 2.24) is 9.80 Å². The number of aliphatic hydroxyl groups excluding tert-OH is 1. The van der Waals surface area contributed by atoms with Gasteiger partial charge < -0.3 is 19.5 Å². The molecule has 0 bridgehead atoms. The number of carbonyl (C=O) groups is 1. The Kier molecular flexibility index (Phi) is 6.67. The number of hydrogen-bond donors (Lipinski definition) is 1. The fraction of sp³-hybridized carbons (Fsp3) is 0.588. The molecule has 1 aromatic rings. The molecule has 0 spiro atoms. The van der Waals surface area contributed by atoms with Crippen molar-refractivity contribution in [3.05, 3.63) is 29.8 Å². The normalized spacial score (nSPS) is 16.9. The molecule has 6 heteroatoms. The number of ether oxygens (including phenoxy) is 2. The Balaban J connectivity index is 1.73. The lowest BCUT2D eigenvalue weighted by Gasteiger charge is -2.34. The summed E-state index contributed by atoms with van der Waals surface area (Å²) in [5.74, 6) is 0.788. The van der Waals surface area contributed by atoms with Gasteiger partial charge in [0.2, 0.25) is 0 Å². The molecule has 1 saturated heterocycles. The highest BCUT2D eigenvalue weighted by Crippen LogP contribution is 2.20. The Morgan fingerprint density at radius 1 is 1.22 bits per heavy atom. The average molecular weight is 322 g/mol. The van der Waals surface area contributed by atoms with Crippen molar-refractivity contribution in [2.75, 3.05) is 46.4 Å². The topological polar surface area (TPSA) is 62.2 Å². The number of rotatable bonds is 6. The fourth-order valence-corrected chi connectivity index (χ4v) is 2.67. The van der Waals surface area contributed by atoms with E-state index in [1.54, 1.807) is 12.0 Å². The second kappa shape index (κ2) is 8.74. The Morgan fingerprint density at radius 3 is 2.43 bits per heavy atom. The molecule has 0 saturated carbocycles. The largest absolute Gasteiger partial charge is 0.497 e. The predicted molar refractivity (Wildman–Crippen MR) is 87.6 cm³/mol. The number of carbonyl (C=O) groups excluding carboxylic acids is 1. The molecule has 2 rings (SSSR count). The smallest absolute Gasteiger partial charge is 0.409 e. The second-order valence-corrected chi connectivity index (χ2v) is 5.61. The molecule has 1 aliphatic rings. The van der Waals surface area contributed by atoms with Crippen molar-refractivity contribution in [2.45, 2.75) is 19.4 Å². The first kappa shape index (κ1) is 17.6. The van der Waals surface area contributed by atoms with E-state index in [0.29, 0.717) is 26.1 Å². The molecule has 1 atom stereocenters. The average Bonchev–Trinajstić information content (AvgIpc) is 2.60. The second-order valence-electron chi connectivity index (χ2n) is 5.61. The van der Waals surface area contributed by atoms with Crippen LogP contribution in [-0.2, 0) is 4.74 Å². The maximum absolute atomic E-state index is 11.6. The number of benzene rings is 1. The molecule has 0 aliphatic carbocycles. The van der Waals surface area contributed by atoms with Gasteiger partial charge in [0.1, 0.15) is 5.75 Å². The Morgan fingerprint density at radius 2 is 1.87 bits per heavy atom. The van der Waals surface area contributed by atoms with Gasteiger partial charge in [-0.15, -0.1) is 0 Å². The monoisotopic (exact) mass is 322 g/mol. The van der Waals surface area contributed by atoms with E-state index in [1.165, 1.54) is 0 Å². The zero-order chi connectivity index (χ0) is 16.7.